The van der Waals surface area contributed by atoms with E-state index in [0.717, 1.165) is 5.75 Å². The van der Waals surface area contributed by atoms with Gasteiger partial charge in [0.2, 0.25) is 5.91 Å². The lowest BCUT2D eigenvalue weighted by Crippen LogP contribution is -2.15. The summed E-state index contributed by atoms with van der Waals surface area (Å²) in [4.78, 5) is 24.1. The number of aryl methyl sites for hydroxylation is 2. The highest BCUT2D eigenvalue weighted by Gasteiger charge is 2.14. The third kappa shape index (κ3) is 6.58. The van der Waals surface area contributed by atoms with Crippen LogP contribution in [0.5, 0.6) is 5.75 Å². The zero-order valence-corrected chi connectivity index (χ0v) is 20.1. The predicted molar refractivity (Wildman–Crippen MR) is 128 cm³/mol. The van der Waals surface area contributed by atoms with E-state index in [2.05, 4.69) is 22.4 Å². The first-order valence-electron chi connectivity index (χ1n) is 10.7. The molecule has 0 unspecified atom stereocenters. The Kier molecular flexibility index (Phi) is 8.48. The van der Waals surface area contributed by atoms with Crippen LogP contribution in [0.15, 0.2) is 47.6 Å². The molecule has 1 aromatic heterocycles. The van der Waals surface area contributed by atoms with Gasteiger partial charge in [0.1, 0.15) is 12.4 Å². The lowest BCUT2D eigenvalue weighted by molar-refractivity contribution is -0.113. The van der Waals surface area contributed by atoms with Gasteiger partial charge in [0.25, 0.3) is 0 Å². The molecule has 0 aliphatic carbocycles. The fraction of sp³-hybridized carbons (Fsp3) is 0.333. The molecular formula is C24H28N4O4S. The van der Waals surface area contributed by atoms with E-state index in [-0.39, 0.29) is 17.6 Å². The van der Waals surface area contributed by atoms with Crippen LogP contribution in [0.3, 0.4) is 0 Å². The Bertz CT molecular complexity index is 1110. The van der Waals surface area contributed by atoms with Crippen molar-refractivity contribution in [1.82, 2.24) is 14.8 Å². The van der Waals surface area contributed by atoms with Crippen molar-refractivity contribution in [3.8, 4) is 5.75 Å². The Hall–Kier alpha value is -3.33. The molecule has 0 spiro atoms. The highest BCUT2D eigenvalue weighted by molar-refractivity contribution is 7.99. The molecule has 2 aromatic carbocycles. The zero-order valence-electron chi connectivity index (χ0n) is 19.3. The molecule has 0 aliphatic rings. The molecule has 0 fully saturated rings. The number of esters is 1. The fourth-order valence-electron chi connectivity index (χ4n) is 3.03. The van der Waals surface area contributed by atoms with Gasteiger partial charge in [0.05, 0.1) is 17.9 Å². The average molecular weight is 469 g/mol. The smallest absolute Gasteiger partial charge is 0.338 e. The molecule has 0 aliphatic heterocycles. The first-order valence-corrected chi connectivity index (χ1v) is 11.7. The quantitative estimate of drug-likeness (QED) is 0.348. The molecule has 33 heavy (non-hydrogen) atoms. The number of hydrogen-bond acceptors (Lipinski definition) is 7. The highest BCUT2D eigenvalue weighted by atomic mass is 32.2. The Morgan fingerprint density at radius 1 is 1.03 bits per heavy atom. The molecule has 3 rings (SSSR count). The van der Waals surface area contributed by atoms with Gasteiger partial charge in [-0.2, -0.15) is 0 Å². The Morgan fingerprint density at radius 3 is 2.45 bits per heavy atom. The second-order valence-electron chi connectivity index (χ2n) is 7.31. The summed E-state index contributed by atoms with van der Waals surface area (Å²) >= 11 is 1.31. The number of thioether (sulfide) groups is 1. The lowest BCUT2D eigenvalue weighted by atomic mass is 10.1. The third-order valence-electron chi connectivity index (χ3n) is 4.97. The first kappa shape index (κ1) is 24.3. The molecule has 0 saturated carbocycles. The summed E-state index contributed by atoms with van der Waals surface area (Å²) < 4.78 is 12.8. The van der Waals surface area contributed by atoms with Crippen molar-refractivity contribution in [3.63, 3.8) is 0 Å². The maximum atomic E-state index is 12.4. The summed E-state index contributed by atoms with van der Waals surface area (Å²) in [7, 11) is 0. The molecule has 1 heterocycles. The van der Waals surface area contributed by atoms with Crippen molar-refractivity contribution >= 4 is 29.3 Å². The zero-order chi connectivity index (χ0) is 23.8. The van der Waals surface area contributed by atoms with E-state index in [1.807, 2.05) is 36.6 Å². The number of carbonyl (C=O) groups excluding carboxylic acids is 2. The summed E-state index contributed by atoms with van der Waals surface area (Å²) in [5.41, 5.74) is 3.43. The topological polar surface area (TPSA) is 95.3 Å². The minimum atomic E-state index is -0.387. The van der Waals surface area contributed by atoms with Crippen molar-refractivity contribution < 1.29 is 19.1 Å². The first-order chi connectivity index (χ1) is 15.9. The van der Waals surface area contributed by atoms with Gasteiger partial charge in [-0.25, -0.2) is 4.79 Å². The van der Waals surface area contributed by atoms with Crippen molar-refractivity contribution in [3.05, 3.63) is 65.0 Å². The SMILES string of the molecule is CCOC(=O)c1ccc(NC(=O)CSc2nnc(COc3ccc(C)c(C)c3)n2CC)cc1. The molecule has 174 valence electrons. The number of amides is 1. The minimum Gasteiger partial charge on any atom is -0.486 e. The van der Waals surface area contributed by atoms with Crippen LogP contribution in [-0.2, 0) is 22.7 Å². The van der Waals surface area contributed by atoms with Crippen LogP contribution in [0.2, 0.25) is 0 Å². The van der Waals surface area contributed by atoms with Crippen LogP contribution in [0.1, 0.15) is 41.2 Å². The summed E-state index contributed by atoms with van der Waals surface area (Å²) in [5, 5.41) is 11.9. The number of anilines is 1. The van der Waals surface area contributed by atoms with Gasteiger partial charge < -0.3 is 19.4 Å². The van der Waals surface area contributed by atoms with Gasteiger partial charge in [-0.05, 0) is 75.2 Å². The van der Waals surface area contributed by atoms with Crippen molar-refractivity contribution in [1.29, 1.82) is 0 Å². The standard InChI is InChI=1S/C24H28N4O4S/c1-5-28-21(14-32-20-12-7-16(3)17(4)13-20)26-27-24(28)33-15-22(29)25-19-10-8-18(9-11-19)23(30)31-6-2/h7-13H,5-6,14-15H2,1-4H3,(H,25,29). The maximum Gasteiger partial charge on any atom is 0.338 e. The van der Waals surface area contributed by atoms with Crippen LogP contribution in [-0.4, -0.2) is 39.0 Å². The van der Waals surface area contributed by atoms with Crippen LogP contribution < -0.4 is 10.1 Å². The monoisotopic (exact) mass is 468 g/mol. The van der Waals surface area contributed by atoms with Crippen LogP contribution >= 0.6 is 11.8 Å². The van der Waals surface area contributed by atoms with E-state index in [0.29, 0.717) is 42.0 Å². The number of benzene rings is 2. The van der Waals surface area contributed by atoms with Gasteiger partial charge in [-0.1, -0.05) is 17.8 Å². The summed E-state index contributed by atoms with van der Waals surface area (Å²) in [6, 6.07) is 12.6. The Morgan fingerprint density at radius 2 is 1.79 bits per heavy atom. The average Bonchev–Trinajstić information content (AvgIpc) is 3.21. The van der Waals surface area contributed by atoms with Crippen molar-refractivity contribution in [2.24, 2.45) is 0 Å². The van der Waals surface area contributed by atoms with E-state index in [9.17, 15) is 9.59 Å². The fourth-order valence-corrected chi connectivity index (χ4v) is 3.85. The van der Waals surface area contributed by atoms with Crippen LogP contribution in [0.4, 0.5) is 5.69 Å². The van der Waals surface area contributed by atoms with Crippen molar-refractivity contribution in [2.45, 2.75) is 46.0 Å². The van der Waals surface area contributed by atoms with E-state index in [1.165, 1.54) is 22.9 Å². The Balaban J connectivity index is 1.54. The molecule has 3 aromatic rings. The molecule has 0 bridgehead atoms. The van der Waals surface area contributed by atoms with Crippen LogP contribution in [0, 0.1) is 13.8 Å². The van der Waals surface area contributed by atoms with E-state index < -0.39 is 0 Å². The number of rotatable bonds is 10. The normalized spacial score (nSPS) is 10.7. The van der Waals surface area contributed by atoms with Gasteiger partial charge >= 0.3 is 5.97 Å². The number of ether oxygens (including phenoxy) is 2. The molecule has 0 atom stereocenters. The van der Waals surface area contributed by atoms with Gasteiger partial charge in [-0.15, -0.1) is 10.2 Å². The van der Waals surface area contributed by atoms with Gasteiger partial charge in [0, 0.05) is 12.2 Å². The summed E-state index contributed by atoms with van der Waals surface area (Å²) in [6.45, 7) is 9.13. The van der Waals surface area contributed by atoms with Crippen molar-refractivity contribution in [2.75, 3.05) is 17.7 Å². The van der Waals surface area contributed by atoms with E-state index in [1.54, 1.807) is 31.2 Å². The summed E-state index contributed by atoms with van der Waals surface area (Å²) in [6.07, 6.45) is 0. The van der Waals surface area contributed by atoms with E-state index >= 15 is 0 Å². The highest BCUT2D eigenvalue weighted by Crippen LogP contribution is 2.21. The number of hydrogen-bond donors (Lipinski definition) is 1. The van der Waals surface area contributed by atoms with Gasteiger partial charge in [0.15, 0.2) is 11.0 Å². The molecule has 0 saturated heterocycles. The summed E-state index contributed by atoms with van der Waals surface area (Å²) in [5.74, 6) is 1.10. The second-order valence-corrected chi connectivity index (χ2v) is 8.25. The number of aromatic nitrogens is 3. The molecule has 8 nitrogen and oxygen atoms in total. The number of nitrogens with one attached hydrogen (secondary N) is 1. The lowest BCUT2D eigenvalue weighted by Gasteiger charge is -2.10. The maximum absolute atomic E-state index is 12.4. The molecule has 1 amide bonds. The van der Waals surface area contributed by atoms with Crippen LogP contribution in [0.25, 0.3) is 0 Å². The molecule has 0 radical (unpaired) electrons. The number of nitrogens with zero attached hydrogens (tertiary/aromatic N) is 3. The Labute approximate surface area is 197 Å². The molecule has 9 heteroatoms. The predicted octanol–water partition coefficient (Wildman–Crippen LogP) is 4.40. The third-order valence-corrected chi connectivity index (χ3v) is 5.93. The second kappa shape index (κ2) is 11.5. The molecule has 1 N–H and O–H groups in total. The molecular weight excluding hydrogens is 440 g/mol. The largest absolute Gasteiger partial charge is 0.486 e. The number of carbonyl (C=O) groups is 2. The van der Waals surface area contributed by atoms with E-state index in [4.69, 9.17) is 9.47 Å². The minimum absolute atomic E-state index is 0.176. The van der Waals surface area contributed by atoms with Gasteiger partial charge in [-0.3, -0.25) is 4.79 Å².